The van der Waals surface area contributed by atoms with Crippen molar-refractivity contribution in [1.82, 2.24) is 10.2 Å². The van der Waals surface area contributed by atoms with Gasteiger partial charge in [-0.1, -0.05) is 18.2 Å². The molecule has 1 aliphatic carbocycles. The van der Waals surface area contributed by atoms with Crippen LogP contribution in [-0.4, -0.2) is 36.2 Å². The number of rotatable bonds is 5. The van der Waals surface area contributed by atoms with Crippen LogP contribution in [0.5, 0.6) is 5.75 Å². The molecule has 0 spiro atoms. The largest absolute Gasteiger partial charge is 0.573 e. The molecule has 2 amide bonds. The van der Waals surface area contributed by atoms with Crippen LogP contribution < -0.4 is 10.1 Å². The molecule has 142 valence electrons. The molecule has 1 N–H and O–H groups in total. The Hall–Kier alpha value is -2.25. The number of carbonyl (C=O) groups is 2. The lowest BCUT2D eigenvalue weighted by atomic mass is 9.95. The third kappa shape index (κ3) is 4.89. The molecular weight excluding hydrogens is 349 g/mol. The van der Waals surface area contributed by atoms with E-state index in [1.54, 1.807) is 6.07 Å². The quantitative estimate of drug-likeness (QED) is 0.867. The Kier molecular flexibility index (Phi) is 5.38. The Bertz CT molecular complexity index is 666. The standard InChI is InChI=1S/C18H21F3N2O3/c19-18(20,21)26-15-4-2-1-3-14(15)11-22-16(24)12-7-9-23(10-8-12)17(25)13-5-6-13/h1-4,12-13H,5-11H2,(H,22,24). The SMILES string of the molecule is O=C(NCc1ccccc1OC(F)(F)F)C1CCN(C(=O)C2CC2)CC1. The molecule has 1 saturated carbocycles. The molecule has 1 aromatic rings. The lowest BCUT2D eigenvalue weighted by Gasteiger charge is -2.31. The van der Waals surface area contributed by atoms with Gasteiger partial charge in [0.15, 0.2) is 0 Å². The maximum absolute atomic E-state index is 12.4. The van der Waals surface area contributed by atoms with E-state index in [9.17, 15) is 22.8 Å². The van der Waals surface area contributed by atoms with Gasteiger partial charge in [0.25, 0.3) is 0 Å². The zero-order valence-electron chi connectivity index (χ0n) is 14.2. The average molecular weight is 370 g/mol. The highest BCUT2D eigenvalue weighted by Crippen LogP contribution is 2.32. The summed E-state index contributed by atoms with van der Waals surface area (Å²) in [6.45, 7) is 1.08. The van der Waals surface area contributed by atoms with Gasteiger partial charge in [0.1, 0.15) is 5.75 Å². The first-order valence-corrected chi connectivity index (χ1v) is 8.73. The van der Waals surface area contributed by atoms with Gasteiger partial charge in [-0.15, -0.1) is 13.2 Å². The van der Waals surface area contributed by atoms with E-state index in [1.807, 2.05) is 4.90 Å². The lowest BCUT2D eigenvalue weighted by molar-refractivity contribution is -0.274. The maximum Gasteiger partial charge on any atom is 0.573 e. The van der Waals surface area contributed by atoms with E-state index in [2.05, 4.69) is 10.1 Å². The molecule has 1 aromatic carbocycles. The second-order valence-electron chi connectivity index (χ2n) is 6.75. The number of halogens is 3. The summed E-state index contributed by atoms with van der Waals surface area (Å²) in [5.41, 5.74) is 0.263. The summed E-state index contributed by atoms with van der Waals surface area (Å²) < 4.78 is 41.3. The van der Waals surface area contributed by atoms with Crippen molar-refractivity contribution in [2.24, 2.45) is 11.8 Å². The topological polar surface area (TPSA) is 58.6 Å². The smallest absolute Gasteiger partial charge is 0.405 e. The van der Waals surface area contributed by atoms with E-state index in [1.165, 1.54) is 18.2 Å². The van der Waals surface area contributed by atoms with Gasteiger partial charge in [-0.3, -0.25) is 9.59 Å². The van der Waals surface area contributed by atoms with Crippen molar-refractivity contribution in [2.45, 2.75) is 38.6 Å². The lowest BCUT2D eigenvalue weighted by Crippen LogP contribution is -2.43. The number of ether oxygens (including phenoxy) is 1. The van der Waals surface area contributed by atoms with E-state index in [-0.39, 0.29) is 41.5 Å². The Morgan fingerprint density at radius 3 is 2.35 bits per heavy atom. The van der Waals surface area contributed by atoms with Gasteiger partial charge in [0, 0.05) is 37.0 Å². The number of carbonyl (C=O) groups excluding carboxylic acids is 2. The van der Waals surface area contributed by atoms with Crippen molar-refractivity contribution in [1.29, 1.82) is 0 Å². The minimum Gasteiger partial charge on any atom is -0.405 e. The fourth-order valence-electron chi connectivity index (χ4n) is 3.15. The molecule has 2 fully saturated rings. The third-order valence-electron chi connectivity index (χ3n) is 4.76. The molecule has 1 aliphatic heterocycles. The van der Waals surface area contributed by atoms with Crippen LogP contribution in [0.1, 0.15) is 31.2 Å². The zero-order chi connectivity index (χ0) is 18.7. The number of piperidine rings is 1. The van der Waals surface area contributed by atoms with Crippen LogP contribution in [0, 0.1) is 11.8 Å². The molecule has 8 heteroatoms. The third-order valence-corrected chi connectivity index (χ3v) is 4.76. The molecule has 0 aromatic heterocycles. The van der Waals surface area contributed by atoms with Crippen LogP contribution >= 0.6 is 0 Å². The monoisotopic (exact) mass is 370 g/mol. The van der Waals surface area contributed by atoms with Crippen LogP contribution in [-0.2, 0) is 16.1 Å². The second-order valence-corrected chi connectivity index (χ2v) is 6.75. The van der Waals surface area contributed by atoms with Crippen LogP contribution in [0.3, 0.4) is 0 Å². The number of nitrogens with one attached hydrogen (secondary N) is 1. The summed E-state index contributed by atoms with van der Waals surface area (Å²) in [5, 5.41) is 2.68. The normalized spacial score (nSPS) is 18.5. The Labute approximate surface area is 149 Å². The number of likely N-dealkylation sites (tertiary alicyclic amines) is 1. The van der Waals surface area contributed by atoms with Gasteiger partial charge in [0.2, 0.25) is 11.8 Å². The highest BCUT2D eigenvalue weighted by Gasteiger charge is 2.36. The van der Waals surface area contributed by atoms with E-state index in [0.29, 0.717) is 25.9 Å². The van der Waals surface area contributed by atoms with Crippen molar-refractivity contribution < 1.29 is 27.5 Å². The van der Waals surface area contributed by atoms with Gasteiger partial charge in [-0.25, -0.2) is 0 Å². The highest BCUT2D eigenvalue weighted by molar-refractivity contribution is 5.82. The number of alkyl halides is 3. The van der Waals surface area contributed by atoms with Crippen molar-refractivity contribution in [2.75, 3.05) is 13.1 Å². The van der Waals surface area contributed by atoms with Gasteiger partial charge in [-0.2, -0.15) is 0 Å². The summed E-state index contributed by atoms with van der Waals surface area (Å²) in [6.07, 6.45) is -1.71. The predicted octanol–water partition coefficient (Wildman–Crippen LogP) is 2.85. The minimum absolute atomic E-state index is 0.0354. The number of nitrogens with zero attached hydrogens (tertiary/aromatic N) is 1. The molecule has 2 aliphatic rings. The molecular formula is C18H21F3N2O3. The average Bonchev–Trinajstić information content (AvgIpc) is 3.44. The van der Waals surface area contributed by atoms with Crippen molar-refractivity contribution in [3.8, 4) is 5.75 Å². The first kappa shape index (κ1) is 18.5. The fourth-order valence-corrected chi connectivity index (χ4v) is 3.15. The highest BCUT2D eigenvalue weighted by atomic mass is 19.4. The molecule has 0 atom stereocenters. The van der Waals surface area contributed by atoms with E-state index >= 15 is 0 Å². The summed E-state index contributed by atoms with van der Waals surface area (Å²) in [7, 11) is 0. The molecule has 5 nitrogen and oxygen atoms in total. The Morgan fingerprint density at radius 2 is 1.73 bits per heavy atom. The molecule has 0 bridgehead atoms. The van der Waals surface area contributed by atoms with Crippen molar-refractivity contribution in [3.05, 3.63) is 29.8 Å². The fraction of sp³-hybridized carbons (Fsp3) is 0.556. The summed E-state index contributed by atoms with van der Waals surface area (Å²) >= 11 is 0. The predicted molar refractivity (Wildman–Crippen MR) is 87.0 cm³/mol. The van der Waals surface area contributed by atoms with Crippen LogP contribution in [0.2, 0.25) is 0 Å². The maximum atomic E-state index is 12.4. The van der Waals surface area contributed by atoms with E-state index in [4.69, 9.17) is 0 Å². The summed E-state index contributed by atoms with van der Waals surface area (Å²) in [5.74, 6) is -0.392. The Balaban J connectivity index is 1.49. The van der Waals surface area contributed by atoms with Gasteiger partial charge >= 0.3 is 6.36 Å². The van der Waals surface area contributed by atoms with E-state index in [0.717, 1.165) is 12.8 Å². The number of amides is 2. The number of para-hydroxylation sites is 1. The number of benzene rings is 1. The molecule has 1 heterocycles. The second kappa shape index (κ2) is 7.55. The zero-order valence-corrected chi connectivity index (χ0v) is 14.2. The van der Waals surface area contributed by atoms with Crippen LogP contribution in [0.25, 0.3) is 0 Å². The van der Waals surface area contributed by atoms with Gasteiger partial charge in [-0.05, 0) is 31.7 Å². The number of hydrogen-bond acceptors (Lipinski definition) is 3. The molecule has 3 rings (SSSR count). The van der Waals surface area contributed by atoms with Crippen LogP contribution in [0.15, 0.2) is 24.3 Å². The Morgan fingerprint density at radius 1 is 1.08 bits per heavy atom. The molecule has 1 saturated heterocycles. The molecule has 0 unspecified atom stereocenters. The first-order chi connectivity index (χ1) is 12.3. The number of hydrogen-bond donors (Lipinski definition) is 1. The van der Waals surface area contributed by atoms with Crippen LogP contribution in [0.4, 0.5) is 13.2 Å². The first-order valence-electron chi connectivity index (χ1n) is 8.73. The van der Waals surface area contributed by atoms with Gasteiger partial charge < -0.3 is 15.0 Å². The minimum atomic E-state index is -4.78. The summed E-state index contributed by atoms with van der Waals surface area (Å²) in [4.78, 5) is 26.1. The van der Waals surface area contributed by atoms with Crippen molar-refractivity contribution in [3.63, 3.8) is 0 Å². The molecule has 26 heavy (non-hydrogen) atoms. The van der Waals surface area contributed by atoms with Crippen molar-refractivity contribution >= 4 is 11.8 Å². The summed E-state index contributed by atoms with van der Waals surface area (Å²) in [6, 6.07) is 5.74. The van der Waals surface area contributed by atoms with E-state index < -0.39 is 6.36 Å². The van der Waals surface area contributed by atoms with Gasteiger partial charge in [0.05, 0.1) is 0 Å². The molecule has 0 radical (unpaired) electrons.